The van der Waals surface area contributed by atoms with Crippen LogP contribution < -0.4 is 10.5 Å². The lowest BCUT2D eigenvalue weighted by atomic mass is 9.97. The molecule has 2 N–H and O–H groups in total. The van der Waals surface area contributed by atoms with Crippen LogP contribution in [0.2, 0.25) is 0 Å². The quantitative estimate of drug-likeness (QED) is 0.729. The summed E-state index contributed by atoms with van der Waals surface area (Å²) in [6, 6.07) is 6.07. The summed E-state index contributed by atoms with van der Waals surface area (Å²) in [5.74, 6) is 1.58. The second-order valence-corrected chi connectivity index (χ2v) is 4.02. The predicted molar refractivity (Wildman–Crippen MR) is 58.6 cm³/mol. The Morgan fingerprint density at radius 3 is 2.57 bits per heavy atom. The molecule has 0 atom stereocenters. The number of benzene rings is 1. The molecule has 2 rings (SSSR count). The Morgan fingerprint density at radius 1 is 1.21 bits per heavy atom. The Labute approximate surface area is 85.1 Å². The highest BCUT2D eigenvalue weighted by Gasteiger charge is 2.17. The fourth-order valence-corrected chi connectivity index (χ4v) is 2.26. The van der Waals surface area contributed by atoms with Gasteiger partial charge < -0.3 is 10.5 Å². The van der Waals surface area contributed by atoms with E-state index < -0.39 is 0 Å². The molecular formula is C12H17NO. The molecule has 0 saturated heterocycles. The van der Waals surface area contributed by atoms with Crippen LogP contribution in [0.15, 0.2) is 18.2 Å². The second-order valence-electron chi connectivity index (χ2n) is 4.02. The summed E-state index contributed by atoms with van der Waals surface area (Å²) in [7, 11) is 1.69. The molecule has 1 aromatic rings. The van der Waals surface area contributed by atoms with Crippen LogP contribution in [0.4, 0.5) is 5.69 Å². The average Bonchev–Trinajstić information content (AvgIpc) is 2.69. The van der Waals surface area contributed by atoms with Crippen molar-refractivity contribution in [1.82, 2.24) is 0 Å². The molecule has 0 unspecified atom stereocenters. The molecule has 0 aliphatic heterocycles. The third-order valence-electron chi connectivity index (χ3n) is 3.01. The lowest BCUT2D eigenvalue weighted by molar-refractivity contribution is 0.414. The first-order valence-electron chi connectivity index (χ1n) is 5.24. The summed E-state index contributed by atoms with van der Waals surface area (Å²) in [5, 5.41) is 0. The summed E-state index contributed by atoms with van der Waals surface area (Å²) >= 11 is 0. The largest absolute Gasteiger partial charge is 0.497 e. The van der Waals surface area contributed by atoms with Gasteiger partial charge in [-0.3, -0.25) is 0 Å². The van der Waals surface area contributed by atoms with E-state index in [0.29, 0.717) is 5.92 Å². The SMILES string of the molecule is COc1cc(N)cc(C2CCCC2)c1. The molecule has 0 heterocycles. The third-order valence-corrected chi connectivity index (χ3v) is 3.01. The van der Waals surface area contributed by atoms with Crippen LogP contribution in [0.5, 0.6) is 5.75 Å². The van der Waals surface area contributed by atoms with Gasteiger partial charge in [0.25, 0.3) is 0 Å². The van der Waals surface area contributed by atoms with Gasteiger partial charge in [0.2, 0.25) is 0 Å². The van der Waals surface area contributed by atoms with Crippen molar-refractivity contribution < 1.29 is 4.74 Å². The first kappa shape index (κ1) is 9.38. The van der Waals surface area contributed by atoms with Crippen LogP contribution in [0.25, 0.3) is 0 Å². The van der Waals surface area contributed by atoms with Crippen molar-refractivity contribution in [3.05, 3.63) is 23.8 Å². The first-order valence-corrected chi connectivity index (χ1v) is 5.24. The van der Waals surface area contributed by atoms with Crippen molar-refractivity contribution in [2.75, 3.05) is 12.8 Å². The Balaban J connectivity index is 2.27. The summed E-state index contributed by atoms with van der Waals surface area (Å²) in [6.07, 6.45) is 5.29. The number of hydrogen-bond acceptors (Lipinski definition) is 2. The van der Waals surface area contributed by atoms with Gasteiger partial charge in [0.15, 0.2) is 0 Å². The molecule has 2 heteroatoms. The zero-order valence-electron chi connectivity index (χ0n) is 8.62. The molecule has 1 aliphatic carbocycles. The standard InChI is InChI=1S/C12H17NO/c1-14-12-7-10(6-11(13)8-12)9-4-2-3-5-9/h6-9H,2-5,13H2,1H3. The minimum atomic E-state index is 0.701. The van der Waals surface area contributed by atoms with E-state index in [9.17, 15) is 0 Å². The van der Waals surface area contributed by atoms with Crippen molar-refractivity contribution in [3.63, 3.8) is 0 Å². The number of nitrogens with two attached hydrogens (primary N) is 1. The van der Waals surface area contributed by atoms with Crippen LogP contribution in [0.3, 0.4) is 0 Å². The second kappa shape index (κ2) is 3.91. The minimum absolute atomic E-state index is 0.701. The average molecular weight is 191 g/mol. The van der Waals surface area contributed by atoms with Gasteiger partial charge in [-0.1, -0.05) is 12.8 Å². The molecule has 1 aromatic carbocycles. The van der Waals surface area contributed by atoms with Crippen LogP contribution in [0.1, 0.15) is 37.2 Å². The van der Waals surface area contributed by atoms with E-state index in [1.165, 1.54) is 31.2 Å². The van der Waals surface area contributed by atoms with Gasteiger partial charge in [-0.25, -0.2) is 0 Å². The normalized spacial score (nSPS) is 17.2. The van der Waals surface area contributed by atoms with Crippen LogP contribution in [-0.4, -0.2) is 7.11 Å². The van der Waals surface area contributed by atoms with Crippen molar-refractivity contribution in [2.45, 2.75) is 31.6 Å². The fraction of sp³-hybridized carbons (Fsp3) is 0.500. The molecule has 2 nitrogen and oxygen atoms in total. The van der Waals surface area contributed by atoms with Crippen molar-refractivity contribution in [2.24, 2.45) is 0 Å². The van der Waals surface area contributed by atoms with E-state index in [-0.39, 0.29) is 0 Å². The number of rotatable bonds is 2. The highest BCUT2D eigenvalue weighted by Crippen LogP contribution is 2.36. The van der Waals surface area contributed by atoms with E-state index >= 15 is 0 Å². The summed E-state index contributed by atoms with van der Waals surface area (Å²) in [4.78, 5) is 0. The number of hydrogen-bond donors (Lipinski definition) is 1. The molecule has 0 radical (unpaired) electrons. The van der Waals surface area contributed by atoms with Crippen molar-refractivity contribution >= 4 is 5.69 Å². The zero-order valence-corrected chi connectivity index (χ0v) is 8.62. The monoisotopic (exact) mass is 191 g/mol. The molecule has 1 saturated carbocycles. The maximum absolute atomic E-state index is 5.82. The molecule has 76 valence electrons. The smallest absolute Gasteiger partial charge is 0.121 e. The van der Waals surface area contributed by atoms with Crippen LogP contribution in [-0.2, 0) is 0 Å². The number of ether oxygens (including phenoxy) is 1. The first-order chi connectivity index (χ1) is 6.79. The van der Waals surface area contributed by atoms with Gasteiger partial charge in [-0.2, -0.15) is 0 Å². The maximum Gasteiger partial charge on any atom is 0.121 e. The van der Waals surface area contributed by atoms with Gasteiger partial charge in [0.05, 0.1) is 7.11 Å². The maximum atomic E-state index is 5.82. The zero-order chi connectivity index (χ0) is 9.97. The van der Waals surface area contributed by atoms with Gasteiger partial charge in [0.1, 0.15) is 5.75 Å². The number of methoxy groups -OCH3 is 1. The third kappa shape index (κ3) is 1.84. The van der Waals surface area contributed by atoms with E-state index in [4.69, 9.17) is 10.5 Å². The molecule has 0 aromatic heterocycles. The molecule has 0 amide bonds. The predicted octanol–water partition coefficient (Wildman–Crippen LogP) is 2.94. The van der Waals surface area contributed by atoms with Gasteiger partial charge in [-0.15, -0.1) is 0 Å². The Morgan fingerprint density at radius 2 is 1.93 bits per heavy atom. The fourth-order valence-electron chi connectivity index (χ4n) is 2.26. The topological polar surface area (TPSA) is 35.2 Å². The van der Waals surface area contributed by atoms with Crippen LogP contribution >= 0.6 is 0 Å². The molecular weight excluding hydrogens is 174 g/mol. The summed E-state index contributed by atoms with van der Waals surface area (Å²) in [5.41, 5.74) is 7.98. The van der Waals surface area contributed by atoms with E-state index in [1.54, 1.807) is 7.11 Å². The highest BCUT2D eigenvalue weighted by atomic mass is 16.5. The lowest BCUT2D eigenvalue weighted by Gasteiger charge is -2.12. The Hall–Kier alpha value is -1.18. The Bertz CT molecular complexity index is 316. The highest BCUT2D eigenvalue weighted by molar-refractivity contribution is 5.48. The van der Waals surface area contributed by atoms with Crippen LogP contribution in [0, 0.1) is 0 Å². The van der Waals surface area contributed by atoms with Gasteiger partial charge in [-0.05, 0) is 36.5 Å². The molecule has 1 aliphatic rings. The van der Waals surface area contributed by atoms with E-state index in [0.717, 1.165) is 11.4 Å². The summed E-state index contributed by atoms with van der Waals surface area (Å²) < 4.78 is 5.22. The Kier molecular flexibility index (Phi) is 2.62. The molecule has 0 spiro atoms. The molecule has 1 fully saturated rings. The lowest BCUT2D eigenvalue weighted by Crippen LogP contribution is -1.96. The number of anilines is 1. The van der Waals surface area contributed by atoms with Gasteiger partial charge in [0, 0.05) is 11.8 Å². The molecule has 14 heavy (non-hydrogen) atoms. The minimum Gasteiger partial charge on any atom is -0.497 e. The number of nitrogen functional groups attached to an aromatic ring is 1. The van der Waals surface area contributed by atoms with Crippen molar-refractivity contribution in [3.8, 4) is 5.75 Å². The van der Waals surface area contributed by atoms with Crippen molar-refractivity contribution in [1.29, 1.82) is 0 Å². The van der Waals surface area contributed by atoms with E-state index in [1.807, 2.05) is 6.07 Å². The molecule has 0 bridgehead atoms. The van der Waals surface area contributed by atoms with Gasteiger partial charge >= 0.3 is 0 Å². The summed E-state index contributed by atoms with van der Waals surface area (Å²) in [6.45, 7) is 0. The van der Waals surface area contributed by atoms with E-state index in [2.05, 4.69) is 12.1 Å².